The van der Waals surface area contributed by atoms with Gasteiger partial charge in [0.05, 0.1) is 12.1 Å². The van der Waals surface area contributed by atoms with Crippen molar-refractivity contribution in [3.05, 3.63) is 47.5 Å². The lowest BCUT2D eigenvalue weighted by atomic mass is 9.76. The molecule has 3 atom stereocenters. The third kappa shape index (κ3) is 7.16. The van der Waals surface area contributed by atoms with Gasteiger partial charge in [-0.1, -0.05) is 84.9 Å². The number of nitrogens with one attached hydrogen (secondary N) is 2. The zero-order valence-corrected chi connectivity index (χ0v) is 22.4. The molecule has 0 aromatic heterocycles. The molecule has 0 saturated heterocycles. The third-order valence-electron chi connectivity index (χ3n) is 6.43. The second-order valence-corrected chi connectivity index (χ2v) is 11.0. The molecule has 2 amide bonds. The predicted octanol–water partition coefficient (Wildman–Crippen LogP) is 3.60. The van der Waals surface area contributed by atoms with E-state index in [9.17, 15) is 19.5 Å². The topological polar surface area (TPSA) is 98.7 Å². The summed E-state index contributed by atoms with van der Waals surface area (Å²) in [7, 11) is 3.40. The number of benzene rings is 1. The quantitative estimate of drug-likeness (QED) is 0.451. The first-order valence-corrected chi connectivity index (χ1v) is 11.8. The minimum absolute atomic E-state index is 0.0124. The number of carboxylic acids is 1. The fourth-order valence-corrected chi connectivity index (χ4v) is 4.16. The Balaban J connectivity index is 3.29. The van der Waals surface area contributed by atoms with Crippen molar-refractivity contribution in [2.45, 2.75) is 78.9 Å². The molecule has 0 fully saturated rings. The number of nitrogens with zero attached hydrogens (tertiary/aromatic N) is 1. The summed E-state index contributed by atoms with van der Waals surface area (Å²) in [5, 5.41) is 15.5. The van der Waals surface area contributed by atoms with Gasteiger partial charge in [0, 0.05) is 18.0 Å². The zero-order chi connectivity index (χ0) is 26.4. The van der Waals surface area contributed by atoms with Crippen LogP contribution >= 0.6 is 0 Å². The molecule has 7 heteroatoms. The fraction of sp³-hybridized carbons (Fsp3) is 0.593. The minimum Gasteiger partial charge on any atom is -0.478 e. The number of aliphatic carboxylic acids is 1. The Morgan fingerprint density at radius 3 is 1.94 bits per heavy atom. The third-order valence-corrected chi connectivity index (χ3v) is 6.43. The van der Waals surface area contributed by atoms with Crippen molar-refractivity contribution in [2.24, 2.45) is 11.3 Å². The number of carboxylic acid groups (broad SMARTS) is 1. The van der Waals surface area contributed by atoms with Crippen LogP contribution in [0.1, 0.15) is 61.0 Å². The highest BCUT2D eigenvalue weighted by Crippen LogP contribution is 2.29. The molecule has 0 radical (unpaired) electrons. The highest BCUT2D eigenvalue weighted by Gasteiger charge is 2.41. The van der Waals surface area contributed by atoms with Crippen LogP contribution in [0.2, 0.25) is 0 Å². The van der Waals surface area contributed by atoms with Gasteiger partial charge in [-0.3, -0.25) is 9.59 Å². The zero-order valence-electron chi connectivity index (χ0n) is 22.4. The molecule has 1 aromatic rings. The molecular weight excluding hydrogens is 430 g/mol. The Labute approximate surface area is 205 Å². The van der Waals surface area contributed by atoms with Crippen molar-refractivity contribution in [1.82, 2.24) is 15.5 Å². The normalized spacial score (nSPS) is 15.4. The van der Waals surface area contributed by atoms with E-state index < -0.39 is 34.9 Å². The molecule has 1 unspecified atom stereocenters. The van der Waals surface area contributed by atoms with E-state index in [2.05, 4.69) is 10.6 Å². The van der Waals surface area contributed by atoms with Crippen molar-refractivity contribution in [3.63, 3.8) is 0 Å². The van der Waals surface area contributed by atoms with E-state index in [0.29, 0.717) is 0 Å². The van der Waals surface area contributed by atoms with Crippen LogP contribution in [-0.4, -0.2) is 60.0 Å². The molecule has 0 spiro atoms. The van der Waals surface area contributed by atoms with Gasteiger partial charge in [0.15, 0.2) is 0 Å². The smallest absolute Gasteiger partial charge is 0.331 e. The lowest BCUT2D eigenvalue weighted by Crippen LogP contribution is -2.61. The molecule has 1 rings (SSSR count). The summed E-state index contributed by atoms with van der Waals surface area (Å²) in [5.41, 5.74) is 0.0895. The van der Waals surface area contributed by atoms with E-state index in [1.807, 2.05) is 78.8 Å². The molecule has 0 saturated carbocycles. The van der Waals surface area contributed by atoms with Crippen LogP contribution in [0.25, 0.3) is 0 Å². The summed E-state index contributed by atoms with van der Waals surface area (Å²) in [6.07, 6.45) is 1.60. The highest BCUT2D eigenvalue weighted by atomic mass is 16.4. The van der Waals surface area contributed by atoms with Crippen molar-refractivity contribution >= 4 is 17.8 Å². The molecule has 0 heterocycles. The lowest BCUT2D eigenvalue weighted by molar-refractivity contribution is -0.141. The van der Waals surface area contributed by atoms with E-state index in [-0.39, 0.29) is 23.3 Å². The molecule has 190 valence electrons. The van der Waals surface area contributed by atoms with Crippen molar-refractivity contribution in [1.29, 1.82) is 0 Å². The maximum Gasteiger partial charge on any atom is 0.331 e. The SMILES string of the molecule is CN[C@@H](C(=O)NC(C(=O)N(C)[C@H](/C=C(\C)C(=O)O)C(C)C)C(C)(C)C)C(C)(C)c1ccccc1. The Bertz CT molecular complexity index is 885. The van der Waals surface area contributed by atoms with Crippen molar-refractivity contribution < 1.29 is 19.5 Å². The first-order chi connectivity index (χ1) is 15.5. The molecule has 0 aliphatic carbocycles. The number of hydrogen-bond acceptors (Lipinski definition) is 4. The van der Waals surface area contributed by atoms with Gasteiger partial charge in [0.1, 0.15) is 6.04 Å². The molecule has 0 bridgehead atoms. The Morgan fingerprint density at radius 2 is 1.53 bits per heavy atom. The summed E-state index contributed by atoms with van der Waals surface area (Å²) in [4.78, 5) is 40.1. The average Bonchev–Trinajstić information content (AvgIpc) is 2.74. The van der Waals surface area contributed by atoms with Gasteiger partial charge < -0.3 is 20.6 Å². The molecule has 3 N–H and O–H groups in total. The molecule has 0 aliphatic heterocycles. The molecule has 0 aliphatic rings. The number of hydrogen-bond donors (Lipinski definition) is 3. The van der Waals surface area contributed by atoms with Gasteiger partial charge in [-0.15, -0.1) is 0 Å². The van der Waals surface area contributed by atoms with Crippen LogP contribution in [0.5, 0.6) is 0 Å². The van der Waals surface area contributed by atoms with Gasteiger partial charge in [-0.05, 0) is 30.9 Å². The first-order valence-electron chi connectivity index (χ1n) is 11.8. The first kappa shape index (κ1) is 29.4. The van der Waals surface area contributed by atoms with Gasteiger partial charge in [-0.25, -0.2) is 4.79 Å². The number of carbonyl (C=O) groups excluding carboxylic acids is 2. The predicted molar refractivity (Wildman–Crippen MR) is 136 cm³/mol. The Kier molecular flexibility index (Phi) is 10.1. The van der Waals surface area contributed by atoms with Crippen LogP contribution in [-0.2, 0) is 19.8 Å². The van der Waals surface area contributed by atoms with E-state index in [1.54, 1.807) is 25.1 Å². The number of amides is 2. The highest BCUT2D eigenvalue weighted by molar-refractivity contribution is 5.91. The van der Waals surface area contributed by atoms with Crippen molar-refractivity contribution in [3.8, 4) is 0 Å². The summed E-state index contributed by atoms with van der Waals surface area (Å²) >= 11 is 0. The molecule has 7 nitrogen and oxygen atoms in total. The van der Waals surface area contributed by atoms with E-state index in [1.165, 1.54) is 6.92 Å². The summed E-state index contributed by atoms with van der Waals surface area (Å²) in [6.45, 7) is 15.1. The van der Waals surface area contributed by atoms with Gasteiger partial charge in [-0.2, -0.15) is 0 Å². The largest absolute Gasteiger partial charge is 0.478 e. The van der Waals surface area contributed by atoms with Gasteiger partial charge >= 0.3 is 5.97 Å². The standard InChI is InChI=1S/C27H43N3O4/c1-17(2)20(16-18(3)25(33)34)30(10)24(32)22(26(4,5)6)29-23(31)21(28-9)27(7,8)19-14-12-11-13-15-19/h11-17,20-22,28H,1-10H3,(H,29,31)(H,33,34)/b18-16+/t20-,21+,22?/m1/s1. The maximum absolute atomic E-state index is 13.7. The van der Waals surface area contributed by atoms with Gasteiger partial charge in [0.25, 0.3) is 0 Å². The Hall–Kier alpha value is -2.67. The van der Waals surface area contributed by atoms with E-state index in [4.69, 9.17) is 0 Å². The second kappa shape index (κ2) is 11.6. The number of carbonyl (C=O) groups is 3. The van der Waals surface area contributed by atoms with Crippen LogP contribution in [0.15, 0.2) is 42.0 Å². The van der Waals surface area contributed by atoms with E-state index in [0.717, 1.165) is 5.56 Å². The molecular formula is C27H43N3O4. The monoisotopic (exact) mass is 473 g/mol. The Morgan fingerprint density at radius 1 is 1.00 bits per heavy atom. The lowest BCUT2D eigenvalue weighted by Gasteiger charge is -2.39. The van der Waals surface area contributed by atoms with Gasteiger partial charge in [0.2, 0.25) is 11.8 Å². The fourth-order valence-electron chi connectivity index (χ4n) is 4.16. The van der Waals surface area contributed by atoms with Crippen molar-refractivity contribution in [2.75, 3.05) is 14.1 Å². The second-order valence-electron chi connectivity index (χ2n) is 11.0. The number of rotatable bonds is 10. The molecule has 34 heavy (non-hydrogen) atoms. The van der Waals surface area contributed by atoms with Crippen LogP contribution < -0.4 is 10.6 Å². The van der Waals surface area contributed by atoms with Crippen LogP contribution in [0.4, 0.5) is 0 Å². The maximum atomic E-state index is 13.7. The summed E-state index contributed by atoms with van der Waals surface area (Å²) < 4.78 is 0. The molecule has 1 aromatic carbocycles. The average molecular weight is 474 g/mol. The summed E-state index contributed by atoms with van der Waals surface area (Å²) in [5.74, 6) is -1.56. The minimum atomic E-state index is -1.02. The summed E-state index contributed by atoms with van der Waals surface area (Å²) in [6, 6.07) is 7.99. The van der Waals surface area contributed by atoms with E-state index >= 15 is 0 Å². The number of likely N-dealkylation sites (N-methyl/N-ethyl adjacent to an activating group) is 2. The van der Waals surface area contributed by atoms with Crippen LogP contribution in [0, 0.1) is 11.3 Å². The van der Waals surface area contributed by atoms with Crippen LogP contribution in [0.3, 0.4) is 0 Å².